The molecule has 1 saturated carbocycles. The first-order valence-corrected chi connectivity index (χ1v) is 8.10. The van der Waals surface area contributed by atoms with E-state index in [0.717, 1.165) is 25.0 Å². The predicted molar refractivity (Wildman–Crippen MR) is 84.2 cm³/mol. The highest BCUT2D eigenvalue weighted by atomic mass is 19.4. The molecule has 2 N–H and O–H groups in total. The fourth-order valence-electron chi connectivity index (χ4n) is 2.87. The van der Waals surface area contributed by atoms with E-state index in [1.165, 1.54) is 37.8 Å². The Labute approximate surface area is 134 Å². The van der Waals surface area contributed by atoms with Gasteiger partial charge in [-0.2, -0.15) is 13.2 Å². The Morgan fingerprint density at radius 3 is 2.17 bits per heavy atom. The molecule has 3 nitrogen and oxygen atoms in total. The quantitative estimate of drug-likeness (QED) is 0.807. The summed E-state index contributed by atoms with van der Waals surface area (Å²) in [6, 6.07) is 4.46. The number of halogens is 3. The van der Waals surface area contributed by atoms with Crippen molar-refractivity contribution >= 4 is 11.6 Å². The van der Waals surface area contributed by atoms with Crippen LogP contribution in [-0.2, 0) is 11.0 Å². The zero-order valence-electron chi connectivity index (χ0n) is 13.2. The SMILES string of the molecule is CC(NC1CCCCCC1)C(=O)Nc1ccc(C(F)(F)F)cc1. The molecule has 0 radical (unpaired) electrons. The van der Waals surface area contributed by atoms with E-state index in [2.05, 4.69) is 10.6 Å². The average Bonchev–Trinajstić information content (AvgIpc) is 2.75. The van der Waals surface area contributed by atoms with Crippen LogP contribution < -0.4 is 10.6 Å². The number of nitrogens with one attached hydrogen (secondary N) is 2. The predicted octanol–water partition coefficient (Wildman–Crippen LogP) is 4.34. The van der Waals surface area contributed by atoms with E-state index in [4.69, 9.17) is 0 Å². The number of carbonyl (C=O) groups is 1. The van der Waals surface area contributed by atoms with Crippen LogP contribution in [0, 0.1) is 0 Å². The van der Waals surface area contributed by atoms with Crippen LogP contribution >= 0.6 is 0 Å². The summed E-state index contributed by atoms with van der Waals surface area (Å²) in [7, 11) is 0. The van der Waals surface area contributed by atoms with Crippen molar-refractivity contribution in [3.8, 4) is 0 Å². The third kappa shape index (κ3) is 5.53. The molecule has 1 atom stereocenters. The van der Waals surface area contributed by atoms with E-state index in [-0.39, 0.29) is 11.9 Å². The zero-order valence-corrected chi connectivity index (χ0v) is 13.2. The monoisotopic (exact) mass is 328 g/mol. The van der Waals surface area contributed by atoms with Crippen molar-refractivity contribution in [1.82, 2.24) is 5.32 Å². The van der Waals surface area contributed by atoms with Crippen molar-refractivity contribution < 1.29 is 18.0 Å². The number of carbonyl (C=O) groups excluding carboxylic acids is 1. The standard InChI is InChI=1S/C17H23F3N2O/c1-12(21-14-6-4-2-3-5-7-14)16(23)22-15-10-8-13(9-11-15)17(18,19)20/h8-12,14,21H,2-7H2,1H3,(H,22,23). The van der Waals surface area contributed by atoms with Crippen LogP contribution in [0.4, 0.5) is 18.9 Å². The number of alkyl halides is 3. The van der Waals surface area contributed by atoms with Crippen molar-refractivity contribution in [3.05, 3.63) is 29.8 Å². The van der Waals surface area contributed by atoms with Crippen molar-refractivity contribution in [1.29, 1.82) is 0 Å². The summed E-state index contributed by atoms with van der Waals surface area (Å²) < 4.78 is 37.5. The lowest BCUT2D eigenvalue weighted by molar-refractivity contribution is -0.137. The first-order valence-electron chi connectivity index (χ1n) is 8.10. The van der Waals surface area contributed by atoms with Gasteiger partial charge in [-0.3, -0.25) is 4.79 Å². The molecule has 1 aliphatic rings. The molecule has 1 unspecified atom stereocenters. The molecule has 1 aliphatic carbocycles. The maximum Gasteiger partial charge on any atom is 0.416 e. The maximum atomic E-state index is 12.5. The van der Waals surface area contributed by atoms with Crippen molar-refractivity contribution in [2.45, 2.75) is 63.7 Å². The second-order valence-corrected chi connectivity index (χ2v) is 6.14. The highest BCUT2D eigenvalue weighted by Crippen LogP contribution is 2.29. The topological polar surface area (TPSA) is 41.1 Å². The summed E-state index contributed by atoms with van der Waals surface area (Å²) in [5.41, 5.74) is -0.349. The average molecular weight is 328 g/mol. The molecule has 0 heterocycles. The van der Waals surface area contributed by atoms with E-state index in [9.17, 15) is 18.0 Å². The van der Waals surface area contributed by atoms with Crippen molar-refractivity contribution in [2.75, 3.05) is 5.32 Å². The minimum Gasteiger partial charge on any atom is -0.325 e. The highest BCUT2D eigenvalue weighted by molar-refractivity contribution is 5.94. The summed E-state index contributed by atoms with van der Waals surface area (Å²) in [4.78, 5) is 12.2. The van der Waals surface area contributed by atoms with Gasteiger partial charge in [0.2, 0.25) is 5.91 Å². The summed E-state index contributed by atoms with van der Waals surface area (Å²) in [6.07, 6.45) is 2.59. The molecule has 0 aliphatic heterocycles. The van der Waals surface area contributed by atoms with Gasteiger partial charge in [-0.05, 0) is 44.0 Å². The molecule has 1 aromatic carbocycles. The molecular formula is C17H23F3N2O. The highest BCUT2D eigenvalue weighted by Gasteiger charge is 2.30. The normalized spacial score (nSPS) is 18.3. The molecule has 23 heavy (non-hydrogen) atoms. The van der Waals surface area contributed by atoms with Gasteiger partial charge in [0.15, 0.2) is 0 Å². The number of rotatable bonds is 4. The molecule has 1 fully saturated rings. The van der Waals surface area contributed by atoms with Gasteiger partial charge < -0.3 is 10.6 Å². The lowest BCUT2D eigenvalue weighted by Gasteiger charge is -2.21. The fourth-order valence-corrected chi connectivity index (χ4v) is 2.87. The van der Waals surface area contributed by atoms with Gasteiger partial charge in [0.05, 0.1) is 11.6 Å². The van der Waals surface area contributed by atoms with Gasteiger partial charge in [-0.15, -0.1) is 0 Å². The Morgan fingerprint density at radius 1 is 1.09 bits per heavy atom. The zero-order chi connectivity index (χ0) is 16.9. The largest absolute Gasteiger partial charge is 0.416 e. The van der Waals surface area contributed by atoms with Crippen LogP contribution in [0.3, 0.4) is 0 Å². The van der Waals surface area contributed by atoms with Crippen LogP contribution in [0.15, 0.2) is 24.3 Å². The summed E-state index contributed by atoms with van der Waals surface area (Å²) in [5, 5.41) is 5.98. The minimum atomic E-state index is -4.36. The van der Waals surface area contributed by atoms with E-state index >= 15 is 0 Å². The molecule has 0 bridgehead atoms. The van der Waals surface area contributed by atoms with E-state index in [1.54, 1.807) is 6.92 Å². The molecule has 0 spiro atoms. The molecule has 2 rings (SSSR count). The van der Waals surface area contributed by atoms with Gasteiger partial charge in [0.1, 0.15) is 0 Å². The van der Waals surface area contributed by atoms with Gasteiger partial charge in [-0.25, -0.2) is 0 Å². The van der Waals surface area contributed by atoms with E-state index in [1.807, 2.05) is 0 Å². The number of hydrogen-bond donors (Lipinski definition) is 2. The van der Waals surface area contributed by atoms with Gasteiger partial charge in [0, 0.05) is 11.7 Å². The van der Waals surface area contributed by atoms with Crippen LogP contribution in [0.1, 0.15) is 51.0 Å². The van der Waals surface area contributed by atoms with E-state index in [0.29, 0.717) is 11.7 Å². The van der Waals surface area contributed by atoms with Crippen LogP contribution in [0.2, 0.25) is 0 Å². The Morgan fingerprint density at radius 2 is 1.65 bits per heavy atom. The molecule has 0 saturated heterocycles. The summed E-state index contributed by atoms with van der Waals surface area (Å²) in [5.74, 6) is -0.228. The Kier molecular flexibility index (Phi) is 6.04. The van der Waals surface area contributed by atoms with Crippen LogP contribution in [0.5, 0.6) is 0 Å². The van der Waals surface area contributed by atoms with Gasteiger partial charge in [-0.1, -0.05) is 25.7 Å². The number of hydrogen-bond acceptors (Lipinski definition) is 2. The Balaban J connectivity index is 1.87. The fraction of sp³-hybridized carbons (Fsp3) is 0.588. The Hall–Kier alpha value is -1.56. The van der Waals surface area contributed by atoms with Gasteiger partial charge in [0.25, 0.3) is 0 Å². The lowest BCUT2D eigenvalue weighted by atomic mass is 10.1. The molecule has 128 valence electrons. The second-order valence-electron chi connectivity index (χ2n) is 6.14. The van der Waals surface area contributed by atoms with Gasteiger partial charge >= 0.3 is 6.18 Å². The third-order valence-corrected chi connectivity index (χ3v) is 4.21. The summed E-state index contributed by atoms with van der Waals surface area (Å²) >= 11 is 0. The van der Waals surface area contributed by atoms with Crippen LogP contribution in [0.25, 0.3) is 0 Å². The smallest absolute Gasteiger partial charge is 0.325 e. The first kappa shape index (κ1) is 17.8. The molecule has 1 amide bonds. The molecular weight excluding hydrogens is 305 g/mol. The summed E-state index contributed by atoms with van der Waals surface area (Å²) in [6.45, 7) is 1.78. The number of benzene rings is 1. The van der Waals surface area contributed by atoms with Crippen LogP contribution in [-0.4, -0.2) is 18.0 Å². The number of amides is 1. The Bertz CT molecular complexity index is 506. The van der Waals surface area contributed by atoms with Crippen molar-refractivity contribution in [3.63, 3.8) is 0 Å². The van der Waals surface area contributed by atoms with Crippen molar-refractivity contribution in [2.24, 2.45) is 0 Å². The lowest BCUT2D eigenvalue weighted by Crippen LogP contribution is -2.43. The third-order valence-electron chi connectivity index (χ3n) is 4.21. The number of anilines is 1. The molecule has 1 aromatic rings. The molecule has 0 aromatic heterocycles. The van der Waals surface area contributed by atoms with E-state index < -0.39 is 11.7 Å². The first-order chi connectivity index (χ1) is 10.9. The minimum absolute atomic E-state index is 0.228. The maximum absolute atomic E-state index is 12.5. The second kappa shape index (κ2) is 7.81. The molecule has 6 heteroatoms.